The quantitative estimate of drug-likeness (QED) is 0.741. The molecule has 1 N–H and O–H groups in total. The molecule has 0 aromatic heterocycles. The van der Waals surface area contributed by atoms with E-state index in [0.717, 1.165) is 5.56 Å². The third kappa shape index (κ3) is 1.32. The van der Waals surface area contributed by atoms with Gasteiger partial charge in [0.05, 0.1) is 6.54 Å². The molecule has 2 rings (SSSR count). The Morgan fingerprint density at radius 3 is 2.43 bits per heavy atom. The van der Waals surface area contributed by atoms with Crippen molar-refractivity contribution in [1.82, 2.24) is 4.90 Å². The highest BCUT2D eigenvalue weighted by Gasteiger charge is 2.46. The van der Waals surface area contributed by atoms with Crippen LogP contribution < -0.4 is 0 Å². The first-order valence-electron chi connectivity index (χ1n) is 4.28. The van der Waals surface area contributed by atoms with Gasteiger partial charge in [0.15, 0.2) is 5.60 Å². The van der Waals surface area contributed by atoms with Gasteiger partial charge in [-0.15, -0.1) is 0 Å². The van der Waals surface area contributed by atoms with Crippen molar-refractivity contribution in [2.24, 2.45) is 0 Å². The van der Waals surface area contributed by atoms with E-state index in [9.17, 15) is 5.11 Å². The summed E-state index contributed by atoms with van der Waals surface area (Å²) >= 11 is 10.9. The topological polar surface area (TPSA) is 23.5 Å². The Morgan fingerprint density at radius 1 is 1.43 bits per heavy atom. The van der Waals surface area contributed by atoms with Gasteiger partial charge in [-0.25, -0.2) is 0 Å². The van der Waals surface area contributed by atoms with E-state index >= 15 is 0 Å². The van der Waals surface area contributed by atoms with Crippen molar-refractivity contribution in [2.45, 2.75) is 5.60 Å². The second-order valence-electron chi connectivity index (χ2n) is 3.53. The predicted molar refractivity (Wildman–Crippen MR) is 60.6 cm³/mol. The van der Waals surface area contributed by atoms with Crippen molar-refractivity contribution >= 4 is 28.8 Å². The molecule has 1 heterocycles. The summed E-state index contributed by atoms with van der Waals surface area (Å²) in [5.74, 6) is 0. The molecule has 1 fully saturated rings. The van der Waals surface area contributed by atoms with E-state index < -0.39 is 5.60 Å². The second kappa shape index (κ2) is 3.19. The van der Waals surface area contributed by atoms with Crippen molar-refractivity contribution < 1.29 is 5.11 Å². The molecule has 1 aliphatic heterocycles. The monoisotopic (exact) mass is 227 g/mol. The first-order valence-corrected chi connectivity index (χ1v) is 5.06. The summed E-state index contributed by atoms with van der Waals surface area (Å²) in [6.07, 6.45) is 0. The number of aliphatic hydroxyl groups is 1. The summed E-state index contributed by atoms with van der Waals surface area (Å²) in [5.41, 5.74) is -0.153. The van der Waals surface area contributed by atoms with Crippen LogP contribution in [-0.4, -0.2) is 28.6 Å². The number of hydrogen-bond acceptors (Lipinski definition) is 2. The molecule has 1 aliphatic rings. The Kier molecular flexibility index (Phi) is 2.26. The highest BCUT2D eigenvalue weighted by molar-refractivity contribution is 7.80. The van der Waals surface area contributed by atoms with Gasteiger partial charge in [0.1, 0.15) is 4.99 Å². The molecular weight excluding hydrogens is 218 g/mol. The molecule has 1 aromatic carbocycles. The van der Waals surface area contributed by atoms with E-state index in [2.05, 4.69) is 0 Å². The van der Waals surface area contributed by atoms with Crippen molar-refractivity contribution in [1.29, 1.82) is 0 Å². The number of benzene rings is 1. The van der Waals surface area contributed by atoms with E-state index in [4.69, 9.17) is 23.8 Å². The third-order valence-corrected chi connectivity index (χ3v) is 3.39. The molecule has 74 valence electrons. The van der Waals surface area contributed by atoms with E-state index in [1.165, 1.54) is 0 Å². The van der Waals surface area contributed by atoms with Crippen LogP contribution in [0.1, 0.15) is 5.56 Å². The molecule has 0 bridgehead atoms. The minimum Gasteiger partial charge on any atom is -0.376 e. The number of likely N-dealkylation sites (tertiary alicyclic amines) is 1. The Bertz CT molecular complexity index is 378. The van der Waals surface area contributed by atoms with E-state index in [1.54, 1.807) is 12.1 Å². The molecule has 1 saturated heterocycles. The van der Waals surface area contributed by atoms with Gasteiger partial charge < -0.3 is 10.0 Å². The van der Waals surface area contributed by atoms with Crippen LogP contribution in [0.2, 0.25) is 5.02 Å². The standard InChI is InChI=1S/C10H10ClNOS/c1-12-6-10(13,9(12)14)7-2-4-8(11)5-3-7/h2-5,13H,6H2,1H3. The maximum absolute atomic E-state index is 10.2. The third-order valence-electron chi connectivity index (χ3n) is 2.49. The lowest BCUT2D eigenvalue weighted by atomic mass is 9.86. The molecule has 0 aliphatic carbocycles. The van der Waals surface area contributed by atoms with Crippen LogP contribution in [0.4, 0.5) is 0 Å². The van der Waals surface area contributed by atoms with Crippen LogP contribution in [0, 0.1) is 0 Å². The molecule has 1 aromatic rings. The van der Waals surface area contributed by atoms with Gasteiger partial charge in [-0.3, -0.25) is 0 Å². The molecule has 2 nitrogen and oxygen atoms in total. The van der Waals surface area contributed by atoms with Crippen LogP contribution in [0.5, 0.6) is 0 Å². The number of rotatable bonds is 1. The van der Waals surface area contributed by atoms with Crippen molar-refractivity contribution in [3.8, 4) is 0 Å². The van der Waals surface area contributed by atoms with Crippen LogP contribution in [-0.2, 0) is 5.60 Å². The van der Waals surface area contributed by atoms with Gasteiger partial charge >= 0.3 is 0 Å². The lowest BCUT2D eigenvalue weighted by Crippen LogP contribution is -2.61. The lowest BCUT2D eigenvalue weighted by molar-refractivity contribution is 0.0346. The average molecular weight is 228 g/mol. The smallest absolute Gasteiger partial charge is 0.157 e. The van der Waals surface area contributed by atoms with Gasteiger partial charge in [-0.2, -0.15) is 0 Å². The fraction of sp³-hybridized carbons (Fsp3) is 0.300. The van der Waals surface area contributed by atoms with E-state index in [1.807, 2.05) is 24.1 Å². The summed E-state index contributed by atoms with van der Waals surface area (Å²) in [6.45, 7) is 0.549. The fourth-order valence-electron chi connectivity index (χ4n) is 1.65. The zero-order valence-electron chi connectivity index (χ0n) is 7.70. The lowest BCUT2D eigenvalue weighted by Gasteiger charge is -2.46. The molecule has 0 amide bonds. The number of likely N-dealkylation sites (N-methyl/N-ethyl adjacent to an activating group) is 1. The molecule has 0 radical (unpaired) electrons. The summed E-state index contributed by atoms with van der Waals surface area (Å²) in [4.78, 5) is 2.42. The molecule has 1 unspecified atom stereocenters. The zero-order chi connectivity index (χ0) is 10.3. The average Bonchev–Trinajstić information content (AvgIpc) is 2.18. The van der Waals surface area contributed by atoms with E-state index in [-0.39, 0.29) is 0 Å². The SMILES string of the molecule is CN1CC(O)(c2ccc(Cl)cc2)C1=S. The number of thiocarbonyl (C=S) groups is 1. The van der Waals surface area contributed by atoms with Crippen LogP contribution in [0.25, 0.3) is 0 Å². The Labute approximate surface area is 93.1 Å². The van der Waals surface area contributed by atoms with Gasteiger partial charge in [-0.05, 0) is 17.7 Å². The second-order valence-corrected chi connectivity index (χ2v) is 4.35. The molecule has 1 atom stereocenters. The molecule has 4 heteroatoms. The maximum atomic E-state index is 10.2. The minimum absolute atomic E-state index is 0.549. The van der Waals surface area contributed by atoms with Crippen LogP contribution in [0.3, 0.4) is 0 Å². The Morgan fingerprint density at radius 2 is 2.00 bits per heavy atom. The van der Waals surface area contributed by atoms with Gasteiger partial charge in [-0.1, -0.05) is 36.0 Å². The van der Waals surface area contributed by atoms with Crippen molar-refractivity contribution in [3.05, 3.63) is 34.9 Å². The van der Waals surface area contributed by atoms with Crippen LogP contribution >= 0.6 is 23.8 Å². The van der Waals surface area contributed by atoms with Crippen molar-refractivity contribution in [3.63, 3.8) is 0 Å². The molecule has 0 spiro atoms. The number of hydrogen-bond donors (Lipinski definition) is 1. The molecular formula is C10H10ClNOS. The van der Waals surface area contributed by atoms with Gasteiger partial charge in [0.2, 0.25) is 0 Å². The largest absolute Gasteiger partial charge is 0.376 e. The highest BCUT2D eigenvalue weighted by atomic mass is 35.5. The fourth-order valence-corrected chi connectivity index (χ4v) is 2.02. The minimum atomic E-state index is -0.964. The predicted octanol–water partition coefficient (Wildman–Crippen LogP) is 1.80. The number of halogens is 1. The van der Waals surface area contributed by atoms with Crippen LogP contribution in [0.15, 0.2) is 24.3 Å². The first kappa shape index (κ1) is 9.90. The van der Waals surface area contributed by atoms with Gasteiger partial charge in [0, 0.05) is 12.1 Å². The summed E-state index contributed by atoms with van der Waals surface area (Å²) < 4.78 is 0. The summed E-state index contributed by atoms with van der Waals surface area (Å²) in [5, 5.41) is 10.8. The molecule has 14 heavy (non-hydrogen) atoms. The van der Waals surface area contributed by atoms with Crippen molar-refractivity contribution in [2.75, 3.05) is 13.6 Å². The normalized spacial score (nSPS) is 26.2. The van der Waals surface area contributed by atoms with Gasteiger partial charge in [0.25, 0.3) is 0 Å². The van der Waals surface area contributed by atoms with E-state index in [0.29, 0.717) is 16.6 Å². The maximum Gasteiger partial charge on any atom is 0.157 e. The summed E-state index contributed by atoms with van der Waals surface area (Å²) in [6, 6.07) is 7.13. The highest BCUT2D eigenvalue weighted by Crippen LogP contribution is 2.33. The zero-order valence-corrected chi connectivity index (χ0v) is 9.27. The Hall–Kier alpha value is -0.640. The number of nitrogens with zero attached hydrogens (tertiary/aromatic N) is 1. The Balaban J connectivity index is 2.32. The summed E-state index contributed by atoms with van der Waals surface area (Å²) in [7, 11) is 1.87. The first-order chi connectivity index (χ1) is 6.54. The number of β-amino-alcohol motifs (C(OH)–C–C–N with tert-alkyl or cyclic N) is 1. The molecule has 0 saturated carbocycles.